The number of nitrogens with zero attached hydrogens (tertiary/aromatic N) is 1. The predicted molar refractivity (Wildman–Crippen MR) is 111 cm³/mol. The fraction of sp³-hybridized carbons (Fsp3) is 0.143. The molecule has 144 valence electrons. The van der Waals surface area contributed by atoms with Crippen LogP contribution in [0.2, 0.25) is 5.02 Å². The predicted octanol–water partition coefficient (Wildman–Crippen LogP) is 5.06. The molecule has 0 saturated carbocycles. The first-order chi connectivity index (χ1) is 13.5. The average molecular weight is 398 g/mol. The second-order valence-corrected chi connectivity index (χ2v) is 6.48. The maximum atomic E-state index is 12.4. The van der Waals surface area contributed by atoms with Crippen molar-refractivity contribution in [2.75, 3.05) is 24.9 Å². The van der Waals surface area contributed by atoms with Gasteiger partial charge < -0.3 is 20.1 Å². The Hall–Kier alpha value is -3.25. The van der Waals surface area contributed by atoms with Gasteiger partial charge in [0.1, 0.15) is 5.82 Å². The first-order valence-corrected chi connectivity index (χ1v) is 8.90. The second kappa shape index (κ2) is 8.63. The summed E-state index contributed by atoms with van der Waals surface area (Å²) in [5, 5.41) is 6.66. The molecule has 0 aliphatic carbocycles. The summed E-state index contributed by atoms with van der Waals surface area (Å²) in [5.74, 6) is 1.62. The number of aryl methyl sites for hydroxylation is 1. The Balaban J connectivity index is 1.70. The first kappa shape index (κ1) is 19.5. The Labute approximate surface area is 168 Å². The summed E-state index contributed by atoms with van der Waals surface area (Å²) < 4.78 is 10.5. The van der Waals surface area contributed by atoms with E-state index in [4.69, 9.17) is 21.1 Å². The molecule has 0 aliphatic rings. The first-order valence-electron chi connectivity index (χ1n) is 8.53. The topological polar surface area (TPSA) is 72.5 Å². The zero-order valence-corrected chi connectivity index (χ0v) is 16.5. The molecule has 1 heterocycles. The van der Waals surface area contributed by atoms with Crippen molar-refractivity contribution in [2.24, 2.45) is 0 Å². The lowest BCUT2D eigenvalue weighted by molar-refractivity contribution is 0.102. The molecular weight excluding hydrogens is 378 g/mol. The largest absolute Gasteiger partial charge is 0.493 e. The van der Waals surface area contributed by atoms with Gasteiger partial charge in [-0.25, -0.2) is 4.98 Å². The fourth-order valence-electron chi connectivity index (χ4n) is 2.63. The third-order valence-corrected chi connectivity index (χ3v) is 4.35. The molecule has 6 nitrogen and oxygen atoms in total. The molecule has 0 bridgehead atoms. The molecule has 7 heteroatoms. The fourth-order valence-corrected chi connectivity index (χ4v) is 2.85. The van der Waals surface area contributed by atoms with Crippen molar-refractivity contribution >= 4 is 34.7 Å². The smallest absolute Gasteiger partial charge is 0.257 e. The van der Waals surface area contributed by atoms with Gasteiger partial charge in [0.25, 0.3) is 5.91 Å². The van der Waals surface area contributed by atoms with Crippen molar-refractivity contribution in [3.05, 3.63) is 70.9 Å². The van der Waals surface area contributed by atoms with Gasteiger partial charge in [-0.05, 0) is 55.0 Å². The van der Waals surface area contributed by atoms with Crippen LogP contribution in [0.3, 0.4) is 0 Å². The number of benzene rings is 2. The molecule has 0 fully saturated rings. The number of carbonyl (C=O) groups is 1. The van der Waals surface area contributed by atoms with Crippen LogP contribution < -0.4 is 20.1 Å². The van der Waals surface area contributed by atoms with E-state index in [-0.39, 0.29) is 5.91 Å². The SMILES string of the molecule is COc1ccc(Nc2ccc(C(=O)Nc3ccc(Cl)cc3C)cn2)cc1OC. The van der Waals surface area contributed by atoms with E-state index in [1.807, 2.05) is 19.1 Å². The minimum atomic E-state index is -0.240. The van der Waals surface area contributed by atoms with Gasteiger partial charge in [-0.3, -0.25) is 4.79 Å². The van der Waals surface area contributed by atoms with Gasteiger partial charge in [-0.1, -0.05) is 11.6 Å². The Morgan fingerprint density at radius 2 is 1.79 bits per heavy atom. The van der Waals surface area contributed by atoms with Gasteiger partial charge in [0.2, 0.25) is 0 Å². The van der Waals surface area contributed by atoms with Gasteiger partial charge in [-0.2, -0.15) is 0 Å². The normalized spacial score (nSPS) is 10.3. The van der Waals surface area contributed by atoms with E-state index in [9.17, 15) is 4.79 Å². The average Bonchev–Trinajstić information content (AvgIpc) is 2.70. The molecule has 0 aliphatic heterocycles. The van der Waals surface area contributed by atoms with E-state index >= 15 is 0 Å². The van der Waals surface area contributed by atoms with Crippen LogP contribution in [0.15, 0.2) is 54.7 Å². The minimum absolute atomic E-state index is 0.240. The van der Waals surface area contributed by atoms with Crippen molar-refractivity contribution in [3.8, 4) is 11.5 Å². The molecule has 0 saturated heterocycles. The molecule has 1 amide bonds. The highest BCUT2D eigenvalue weighted by Gasteiger charge is 2.10. The summed E-state index contributed by atoms with van der Waals surface area (Å²) in [5.41, 5.74) is 2.84. The Morgan fingerprint density at radius 1 is 1.00 bits per heavy atom. The molecule has 3 rings (SSSR count). The molecule has 2 aromatic carbocycles. The second-order valence-electron chi connectivity index (χ2n) is 6.04. The number of carbonyl (C=O) groups excluding carboxylic acids is 1. The maximum Gasteiger partial charge on any atom is 0.257 e. The standard InChI is InChI=1S/C21H20ClN3O3/c1-13-10-15(22)5-7-17(13)25-21(26)14-4-9-20(23-12-14)24-16-6-8-18(27-2)19(11-16)28-3/h4-12H,1-3H3,(H,23,24)(H,25,26). The lowest BCUT2D eigenvalue weighted by Gasteiger charge is -2.11. The number of aromatic nitrogens is 1. The van der Waals surface area contributed by atoms with Crippen molar-refractivity contribution in [1.82, 2.24) is 4.98 Å². The number of anilines is 3. The molecule has 28 heavy (non-hydrogen) atoms. The summed E-state index contributed by atoms with van der Waals surface area (Å²) in [6, 6.07) is 14.2. The third kappa shape index (κ3) is 4.53. The van der Waals surface area contributed by atoms with Gasteiger partial charge in [0.05, 0.1) is 19.8 Å². The van der Waals surface area contributed by atoms with Crippen LogP contribution in [0.25, 0.3) is 0 Å². The highest BCUT2D eigenvalue weighted by Crippen LogP contribution is 2.30. The maximum absolute atomic E-state index is 12.4. The minimum Gasteiger partial charge on any atom is -0.493 e. The summed E-state index contributed by atoms with van der Waals surface area (Å²) >= 11 is 5.95. The van der Waals surface area contributed by atoms with Crippen LogP contribution in [0.1, 0.15) is 15.9 Å². The van der Waals surface area contributed by atoms with E-state index in [0.29, 0.717) is 33.6 Å². The molecule has 2 N–H and O–H groups in total. The van der Waals surface area contributed by atoms with Crippen LogP contribution in [-0.2, 0) is 0 Å². The molecule has 3 aromatic rings. The number of ether oxygens (including phenoxy) is 2. The van der Waals surface area contributed by atoms with E-state index in [2.05, 4.69) is 15.6 Å². The van der Waals surface area contributed by atoms with Crippen molar-refractivity contribution in [3.63, 3.8) is 0 Å². The number of rotatable bonds is 6. The van der Waals surface area contributed by atoms with E-state index in [0.717, 1.165) is 11.3 Å². The van der Waals surface area contributed by atoms with Gasteiger partial charge in [-0.15, -0.1) is 0 Å². The number of halogens is 1. The molecular formula is C21H20ClN3O3. The van der Waals surface area contributed by atoms with E-state index in [1.165, 1.54) is 6.20 Å². The Morgan fingerprint density at radius 3 is 2.43 bits per heavy atom. The van der Waals surface area contributed by atoms with Crippen molar-refractivity contribution in [2.45, 2.75) is 6.92 Å². The summed E-state index contributed by atoms with van der Waals surface area (Å²) in [6.45, 7) is 1.88. The van der Waals surface area contributed by atoms with Crippen LogP contribution in [0.4, 0.5) is 17.2 Å². The van der Waals surface area contributed by atoms with E-state index in [1.54, 1.807) is 50.6 Å². The van der Waals surface area contributed by atoms with Gasteiger partial charge in [0, 0.05) is 28.7 Å². The monoisotopic (exact) mass is 397 g/mol. The Bertz CT molecular complexity index is 991. The highest BCUT2D eigenvalue weighted by atomic mass is 35.5. The van der Waals surface area contributed by atoms with Crippen LogP contribution in [-0.4, -0.2) is 25.1 Å². The summed E-state index contributed by atoms with van der Waals surface area (Å²) in [6.07, 6.45) is 1.52. The quantitative estimate of drug-likeness (QED) is 0.608. The molecule has 1 aromatic heterocycles. The molecule has 0 spiro atoms. The zero-order valence-electron chi connectivity index (χ0n) is 15.7. The third-order valence-electron chi connectivity index (χ3n) is 4.12. The van der Waals surface area contributed by atoms with Gasteiger partial charge >= 0.3 is 0 Å². The highest BCUT2D eigenvalue weighted by molar-refractivity contribution is 6.30. The van der Waals surface area contributed by atoms with Gasteiger partial charge in [0.15, 0.2) is 11.5 Å². The molecule has 0 atom stereocenters. The van der Waals surface area contributed by atoms with Crippen molar-refractivity contribution in [1.29, 1.82) is 0 Å². The number of amides is 1. The zero-order chi connectivity index (χ0) is 20.1. The van der Waals surface area contributed by atoms with Crippen LogP contribution in [0.5, 0.6) is 11.5 Å². The number of methoxy groups -OCH3 is 2. The molecule has 0 unspecified atom stereocenters. The number of pyridine rings is 1. The number of hydrogen-bond donors (Lipinski definition) is 2. The number of hydrogen-bond acceptors (Lipinski definition) is 5. The van der Waals surface area contributed by atoms with Crippen molar-refractivity contribution < 1.29 is 14.3 Å². The molecule has 0 radical (unpaired) electrons. The number of nitrogens with one attached hydrogen (secondary N) is 2. The summed E-state index contributed by atoms with van der Waals surface area (Å²) in [4.78, 5) is 16.7. The van der Waals surface area contributed by atoms with Crippen LogP contribution in [0, 0.1) is 6.92 Å². The van der Waals surface area contributed by atoms with Crippen LogP contribution >= 0.6 is 11.6 Å². The summed E-state index contributed by atoms with van der Waals surface area (Å²) in [7, 11) is 3.16. The van der Waals surface area contributed by atoms with E-state index < -0.39 is 0 Å². The Kier molecular flexibility index (Phi) is 6.01. The lowest BCUT2D eigenvalue weighted by atomic mass is 10.2. The lowest BCUT2D eigenvalue weighted by Crippen LogP contribution is -2.13.